The van der Waals surface area contributed by atoms with Crippen LogP contribution in [-0.2, 0) is 47.7 Å². The van der Waals surface area contributed by atoms with E-state index in [1.807, 2.05) is 0 Å². The van der Waals surface area contributed by atoms with Crippen molar-refractivity contribution < 1.29 is 63.0 Å². The fourth-order valence-corrected chi connectivity index (χ4v) is 21.0. The van der Waals surface area contributed by atoms with E-state index in [1.54, 1.807) is 0 Å². The first-order chi connectivity index (χ1) is 68.3. The first-order valence-corrected chi connectivity index (χ1v) is 62.2. The molecule has 0 aromatic heterocycles. The molecular weight excluding hydrogens is 1730 g/mol. The van der Waals surface area contributed by atoms with Crippen LogP contribution in [0.1, 0.15) is 639 Å². The van der Waals surface area contributed by atoms with Crippen LogP contribution < -0.4 is 0 Å². The Morgan fingerprint density at radius 3 is 0.597 bits per heavy atom. The minimum absolute atomic E-state index is 0.00915. The maximum atomic E-state index is 13.4. The van der Waals surface area contributed by atoms with Crippen LogP contribution in [0.4, 0.5) is 0 Å². The molecule has 0 saturated heterocycles. The van der Waals surface area contributed by atoms with Crippen LogP contribution in [0.25, 0.3) is 0 Å². The van der Waals surface area contributed by atoms with Gasteiger partial charge < -0.3 is 53.7 Å². The van der Waals surface area contributed by atoms with E-state index < -0.39 is 0 Å². The molecule has 0 rings (SSSR count). The number of rotatable bonds is 118. The van der Waals surface area contributed by atoms with Crippen molar-refractivity contribution in [3.05, 3.63) is 0 Å². The van der Waals surface area contributed by atoms with Crippen molar-refractivity contribution in [1.29, 1.82) is 0 Å². The molecule has 5 unspecified atom stereocenters. The average molecular weight is 1970 g/mol. The zero-order chi connectivity index (χ0) is 101. The smallest absolute Gasteiger partial charge is 0.306 e. The number of unbranched alkanes of at least 4 members (excludes halogenated alkanes) is 58. The van der Waals surface area contributed by atoms with Gasteiger partial charge in [0.2, 0.25) is 0 Å². The van der Waals surface area contributed by atoms with E-state index >= 15 is 0 Å². The molecule has 0 radical (unpaired) electrons. The van der Waals surface area contributed by atoms with Crippen molar-refractivity contribution in [3.8, 4) is 0 Å². The lowest BCUT2D eigenvalue weighted by Gasteiger charge is -2.22. The van der Waals surface area contributed by atoms with E-state index in [-0.39, 0.29) is 68.0 Å². The Bertz CT molecular complexity index is 2490. The van der Waals surface area contributed by atoms with Crippen LogP contribution in [0.3, 0.4) is 0 Å². The average Bonchev–Trinajstić information content (AvgIpc) is 0.954. The summed E-state index contributed by atoms with van der Waals surface area (Å²) in [7, 11) is 0. The van der Waals surface area contributed by atoms with E-state index in [2.05, 4.69) is 63.2 Å². The molecule has 0 heterocycles. The fourth-order valence-electron chi connectivity index (χ4n) is 21.0. The quantitative estimate of drug-likeness (QED) is 0.0295. The molecule has 5 atom stereocenters. The van der Waals surface area contributed by atoms with E-state index in [1.165, 1.54) is 334 Å². The zero-order valence-electron chi connectivity index (χ0n) is 94.1. The standard InChI is InChI=1S/C123H241N3O13/c1-8-15-20-25-30-31-37-55-80-112-135-120(131)96-70-56-78-104-125(107-110-128)103-77-54-40-50-69-97-121(132)137-116(89-62-43-27-22-17-10-3)91-65-46-34-32-41-59-85-114(83-13-6)87-61-58-81-113-136-119(130)95-67-48-38-53-76-102-126(108-111-129)105-79-57-71-99-123(134)138-117(90-63-44-28-23-18-11-4)92-66-47-35-33-42-60-86-115(84-14-7)88-72-73-94-118(93-64-45-29-24-19-12-5)139-122(133)98-68-49-39-52-75-101-124(106-82-109-127)100-74-51-36-26-21-16-9-2/h114-118,127-129H,8-113H2,1-7H3. The highest BCUT2D eigenvalue weighted by atomic mass is 16.6. The zero-order valence-corrected chi connectivity index (χ0v) is 94.1. The molecule has 0 aliphatic heterocycles. The van der Waals surface area contributed by atoms with Crippen LogP contribution in [0.5, 0.6) is 0 Å². The van der Waals surface area contributed by atoms with Crippen LogP contribution in [0.15, 0.2) is 0 Å². The molecule has 0 bridgehead atoms. The molecule has 0 fully saturated rings. The Kier molecular flexibility index (Phi) is 110. The van der Waals surface area contributed by atoms with Gasteiger partial charge >= 0.3 is 29.8 Å². The lowest BCUT2D eigenvalue weighted by molar-refractivity contribution is -0.151. The predicted molar refractivity (Wildman–Crippen MR) is 594 cm³/mol. The van der Waals surface area contributed by atoms with E-state index in [0.29, 0.717) is 58.4 Å². The molecule has 826 valence electrons. The third-order valence-electron chi connectivity index (χ3n) is 29.9. The molecule has 16 heteroatoms. The maximum absolute atomic E-state index is 13.4. The summed E-state index contributed by atoms with van der Waals surface area (Å²) < 4.78 is 30.0. The molecule has 0 amide bonds. The second-order valence-corrected chi connectivity index (χ2v) is 43.5. The molecule has 139 heavy (non-hydrogen) atoms. The Morgan fingerprint density at radius 2 is 0.353 bits per heavy atom. The minimum Gasteiger partial charge on any atom is -0.466 e. The van der Waals surface area contributed by atoms with Gasteiger partial charge in [-0.05, 0) is 218 Å². The van der Waals surface area contributed by atoms with Crippen molar-refractivity contribution in [1.82, 2.24) is 14.7 Å². The number of nitrogens with zero attached hydrogens (tertiary/aromatic N) is 3. The van der Waals surface area contributed by atoms with E-state index in [0.717, 1.165) is 282 Å². The summed E-state index contributed by atoms with van der Waals surface area (Å²) in [5.74, 6) is 1.46. The third kappa shape index (κ3) is 101. The molecule has 0 spiro atoms. The lowest BCUT2D eigenvalue weighted by atomic mass is 9.90. The highest BCUT2D eigenvalue weighted by Gasteiger charge is 2.21. The van der Waals surface area contributed by atoms with Crippen LogP contribution in [0, 0.1) is 11.8 Å². The Hall–Kier alpha value is -2.89. The summed E-state index contributed by atoms with van der Waals surface area (Å²) in [5, 5.41) is 29.1. The van der Waals surface area contributed by atoms with Gasteiger partial charge in [-0.25, -0.2) is 0 Å². The summed E-state index contributed by atoms with van der Waals surface area (Å²) in [6.45, 7) is 26.2. The monoisotopic (exact) mass is 1970 g/mol. The topological polar surface area (TPSA) is 202 Å². The maximum Gasteiger partial charge on any atom is 0.306 e. The number of esters is 5. The van der Waals surface area contributed by atoms with Gasteiger partial charge in [-0.3, -0.25) is 24.0 Å². The SMILES string of the molecule is CCCCCCCCCCCOC(=O)CCCCCN(CCO)CCCCCCCC(=O)OC(CCCCCCCC)CCCCCCCCC(CCC)CCCCCOC(=O)CCCCCCCN(CCO)CCCCCC(=O)OC(CCCCCCCC)CCCCCCCCC(CCC)CCCCC(CCCCCCCC)OC(=O)CCCCCCCN(CCCO)CCCCCCCCC. The highest BCUT2D eigenvalue weighted by molar-refractivity contribution is 5.71. The summed E-state index contributed by atoms with van der Waals surface area (Å²) >= 11 is 0. The van der Waals surface area contributed by atoms with Crippen molar-refractivity contribution in [2.45, 2.75) is 657 Å². The summed E-state index contributed by atoms with van der Waals surface area (Å²) in [4.78, 5) is 72.1. The molecule has 0 aliphatic rings. The van der Waals surface area contributed by atoms with Gasteiger partial charge in [-0.2, -0.15) is 0 Å². The molecule has 0 aliphatic carbocycles. The number of carbonyl (C=O) groups is 5. The number of aliphatic hydroxyl groups excluding tert-OH is 3. The number of hydrogen-bond acceptors (Lipinski definition) is 16. The number of ether oxygens (including phenoxy) is 5. The molecule has 3 N–H and O–H groups in total. The van der Waals surface area contributed by atoms with E-state index in [4.69, 9.17) is 23.7 Å². The highest BCUT2D eigenvalue weighted by Crippen LogP contribution is 2.29. The minimum atomic E-state index is -0.0584. The summed E-state index contributed by atoms with van der Waals surface area (Å²) in [6.07, 6.45) is 106. The normalized spacial score (nSPS) is 12.9. The molecule has 16 nitrogen and oxygen atoms in total. The van der Waals surface area contributed by atoms with Crippen molar-refractivity contribution in [3.63, 3.8) is 0 Å². The molecule has 0 aromatic rings. The Morgan fingerprint density at radius 1 is 0.173 bits per heavy atom. The summed E-state index contributed by atoms with van der Waals surface area (Å²) in [5.41, 5.74) is 0. The lowest BCUT2D eigenvalue weighted by Crippen LogP contribution is -2.29. The van der Waals surface area contributed by atoms with Crippen molar-refractivity contribution >= 4 is 29.8 Å². The molecule has 0 saturated carbocycles. The Balaban J connectivity index is 4.56. The number of carbonyl (C=O) groups excluding carboxylic acids is 5. The number of hydrogen-bond donors (Lipinski definition) is 3. The molecule has 0 aromatic carbocycles. The third-order valence-corrected chi connectivity index (χ3v) is 29.9. The second kappa shape index (κ2) is 112. The van der Waals surface area contributed by atoms with Gasteiger partial charge in [0.15, 0.2) is 0 Å². The van der Waals surface area contributed by atoms with Gasteiger partial charge in [0.25, 0.3) is 0 Å². The number of aliphatic hydroxyl groups is 3. The first-order valence-electron chi connectivity index (χ1n) is 62.2. The van der Waals surface area contributed by atoms with Gasteiger partial charge in [0.1, 0.15) is 18.3 Å². The largest absolute Gasteiger partial charge is 0.466 e. The van der Waals surface area contributed by atoms with Crippen LogP contribution in [0.2, 0.25) is 0 Å². The second-order valence-electron chi connectivity index (χ2n) is 43.5. The first kappa shape index (κ1) is 136. The van der Waals surface area contributed by atoms with Crippen LogP contribution >= 0.6 is 0 Å². The fraction of sp³-hybridized carbons (Fsp3) is 0.959. The van der Waals surface area contributed by atoms with Gasteiger partial charge in [-0.1, -0.05) is 440 Å². The van der Waals surface area contributed by atoms with E-state index in [9.17, 15) is 39.3 Å². The van der Waals surface area contributed by atoms with Crippen LogP contribution in [-0.4, -0.2) is 170 Å². The van der Waals surface area contributed by atoms with Gasteiger partial charge in [0, 0.05) is 58.3 Å². The Labute approximate surface area is 863 Å². The predicted octanol–water partition coefficient (Wildman–Crippen LogP) is 35.0. The van der Waals surface area contributed by atoms with Crippen molar-refractivity contribution in [2.24, 2.45) is 11.8 Å². The molecular formula is C123H241N3O13. The van der Waals surface area contributed by atoms with Crippen molar-refractivity contribution in [2.75, 3.05) is 91.9 Å². The van der Waals surface area contributed by atoms with Gasteiger partial charge in [-0.15, -0.1) is 0 Å². The van der Waals surface area contributed by atoms with Gasteiger partial charge in [0.05, 0.1) is 26.4 Å². The summed E-state index contributed by atoms with van der Waals surface area (Å²) in [6, 6.07) is 0.